The number of nitrogens with one attached hydrogen (secondary N) is 13. The van der Waals surface area contributed by atoms with Gasteiger partial charge in [0.1, 0.15) is 78.0 Å². The largest absolute Gasteiger partial charge is 0.481 e. The summed E-state index contributed by atoms with van der Waals surface area (Å²) in [5.41, 5.74) is 10.6. The molecule has 149 heavy (non-hydrogen) atoms. The maximum absolute atomic E-state index is 16.0. The summed E-state index contributed by atoms with van der Waals surface area (Å²) in [6, 6.07) is 16.8. The van der Waals surface area contributed by atoms with E-state index in [1.165, 1.54) is 13.8 Å². The molecule has 9 rings (SSSR count). The van der Waals surface area contributed by atoms with E-state index in [1.54, 1.807) is 174 Å². The van der Waals surface area contributed by atoms with Gasteiger partial charge < -0.3 is 116 Å². The lowest BCUT2D eigenvalue weighted by Crippen LogP contribution is -2.64. The van der Waals surface area contributed by atoms with Gasteiger partial charge in [0.25, 0.3) is 0 Å². The van der Waals surface area contributed by atoms with Crippen molar-refractivity contribution < 1.29 is 131 Å². The van der Waals surface area contributed by atoms with Crippen molar-refractivity contribution >= 4 is 167 Å². The second-order valence-electron chi connectivity index (χ2n) is 38.2. The number of carbonyl (C=O) groups excluding carboxylic acids is 16. The highest BCUT2D eigenvalue weighted by Gasteiger charge is 2.50. The Morgan fingerprint density at radius 2 is 0.926 bits per heavy atom. The fourth-order valence-electron chi connectivity index (χ4n) is 17.2. The fourth-order valence-corrected chi connectivity index (χ4v) is 19.5. The molecule has 0 bridgehead atoms. The number of nitrogens with two attached hydrogens (primary N) is 2. The van der Waals surface area contributed by atoms with Gasteiger partial charge in [-0.1, -0.05) is 182 Å². The number of carboxylic acid groups (broad SMARTS) is 5. The second-order valence-corrected chi connectivity index (χ2v) is 40.8. The Morgan fingerprint density at radius 3 is 1.48 bits per heavy atom. The minimum atomic E-state index is -2.19. The lowest BCUT2D eigenvalue weighted by atomic mass is 9.87. The summed E-state index contributed by atoms with van der Waals surface area (Å²) in [4.78, 5) is 303. The number of aliphatic carboxylic acids is 5. The number of amides is 16. The minimum absolute atomic E-state index is 0.0507. The van der Waals surface area contributed by atoms with Crippen molar-refractivity contribution in [1.82, 2.24) is 93.6 Å². The molecule has 0 saturated carbocycles. The van der Waals surface area contributed by atoms with E-state index in [-0.39, 0.29) is 104 Å². The first-order valence-electron chi connectivity index (χ1n) is 48.3. The maximum Gasteiger partial charge on any atom is 0.317 e. The summed E-state index contributed by atoms with van der Waals surface area (Å²) >= 11 is 0. The summed E-state index contributed by atoms with van der Waals surface area (Å²) in [5.74, 6) is -25.5. The minimum Gasteiger partial charge on any atom is -0.481 e. The number of nitrogens with zero attached hydrogens (tertiary/aromatic N) is 5. The third kappa shape index (κ3) is 37.8. The van der Waals surface area contributed by atoms with Crippen LogP contribution in [0.25, 0.3) is 21.5 Å². The Balaban J connectivity index is 1.15. The van der Waals surface area contributed by atoms with E-state index < -0.39 is 278 Å². The molecule has 804 valence electrons. The molecule has 3 saturated heterocycles. The van der Waals surface area contributed by atoms with Crippen LogP contribution >= 0.6 is 21.6 Å². The van der Waals surface area contributed by atoms with E-state index in [2.05, 4.69) is 69.1 Å². The summed E-state index contributed by atoms with van der Waals surface area (Å²) in [5, 5.41) is 95.7. The topological polar surface area (TPSA) is 704 Å². The van der Waals surface area contributed by atoms with Crippen LogP contribution in [0.4, 0.5) is 0 Å². The zero-order valence-corrected chi connectivity index (χ0v) is 84.9. The SMILES string of the molecule is CC(=O)N[C@H](C)C(=O)N[C@@H](CO)C(=O)N[C@@H](CC(=O)O)C(=O)N[C@H]1CSSC[C@@H](C(=O)N2CCC[C@@]2(C)C(=O)N[C@@H](Cc2ccccc2)C(=O)N[C@@H](CC(=O)O)C(N)=O)NC(=O)[C@H](CC(N)=O)NC(=O)[C@H](Cc2ccc3ccccc3c2)NC(=O)[C@H](Cc2ccc(CNC(=O)CN3CCN(CC(=O)O)CCN(CC(=O)O)CCN(CC(=O)O)CC3)cc2)NC(=O)[C@H](CC(C)(C)C)NC(=O)[C@H](Cc2cccc3ccccc23)NC1=O. The first kappa shape index (κ1) is 118. The van der Waals surface area contributed by atoms with Gasteiger partial charge in [-0.2, -0.15) is 0 Å². The Labute approximate surface area is 865 Å². The molecule has 47 nitrogen and oxygen atoms in total. The molecular weight excluding hydrogens is 1980 g/mol. The normalized spacial score (nSPS) is 20.9. The number of aliphatic hydroxyl groups is 1. The maximum atomic E-state index is 16.0. The zero-order valence-electron chi connectivity index (χ0n) is 83.3. The number of primary amides is 2. The monoisotopic (exact) mass is 2110 g/mol. The van der Waals surface area contributed by atoms with E-state index in [0.29, 0.717) is 65.6 Å². The lowest BCUT2D eigenvalue weighted by molar-refractivity contribution is -0.147. The molecule has 6 aromatic carbocycles. The third-order valence-corrected chi connectivity index (χ3v) is 27.5. The highest BCUT2D eigenvalue weighted by atomic mass is 33.1. The van der Waals surface area contributed by atoms with Gasteiger partial charge in [0.2, 0.25) is 94.5 Å². The predicted molar refractivity (Wildman–Crippen MR) is 544 cm³/mol. The Hall–Kier alpha value is -14.8. The van der Waals surface area contributed by atoms with Crippen LogP contribution in [0.15, 0.2) is 140 Å². The number of carboxylic acids is 5. The molecule has 0 unspecified atom stereocenters. The van der Waals surface area contributed by atoms with Gasteiger partial charge in [-0.05, 0) is 87.9 Å². The highest BCUT2D eigenvalue weighted by Crippen LogP contribution is 2.33. The third-order valence-electron chi connectivity index (χ3n) is 25.1. The Bertz CT molecular complexity index is 5830. The van der Waals surface area contributed by atoms with Gasteiger partial charge in [0, 0.05) is 110 Å². The van der Waals surface area contributed by atoms with Crippen molar-refractivity contribution in [2.24, 2.45) is 16.9 Å². The summed E-state index contributed by atoms with van der Waals surface area (Å²) < 4.78 is 0. The van der Waals surface area contributed by atoms with Crippen LogP contribution in [0.1, 0.15) is 108 Å². The fraction of sp³-hybridized carbons (Fsp3) is 0.470. The number of hydrogen-bond donors (Lipinski definition) is 21. The second kappa shape index (κ2) is 56.4. The summed E-state index contributed by atoms with van der Waals surface area (Å²) in [7, 11) is 1.38. The average molecular weight is 2110 g/mol. The molecule has 23 N–H and O–H groups in total. The van der Waals surface area contributed by atoms with Crippen LogP contribution in [0.5, 0.6) is 0 Å². The highest BCUT2D eigenvalue weighted by molar-refractivity contribution is 8.76. The van der Waals surface area contributed by atoms with Crippen molar-refractivity contribution in [3.8, 4) is 0 Å². The van der Waals surface area contributed by atoms with Crippen LogP contribution in [0, 0.1) is 5.41 Å². The van der Waals surface area contributed by atoms with Gasteiger partial charge in [-0.25, -0.2) is 0 Å². The van der Waals surface area contributed by atoms with Gasteiger partial charge in [-0.15, -0.1) is 0 Å². The van der Waals surface area contributed by atoms with E-state index in [4.69, 9.17) is 11.5 Å². The van der Waals surface area contributed by atoms with Crippen LogP contribution < -0.4 is 80.6 Å². The summed E-state index contributed by atoms with van der Waals surface area (Å²) in [6.07, 6.45) is -5.16. The van der Waals surface area contributed by atoms with Crippen LogP contribution in [0.2, 0.25) is 0 Å². The molecule has 49 heteroatoms. The van der Waals surface area contributed by atoms with E-state index in [0.717, 1.165) is 17.2 Å². The lowest BCUT2D eigenvalue weighted by Gasteiger charge is -2.37. The molecule has 3 aliphatic heterocycles. The van der Waals surface area contributed by atoms with Gasteiger partial charge >= 0.3 is 29.8 Å². The molecule has 6 aromatic rings. The molecule has 0 radical (unpaired) electrons. The van der Waals surface area contributed by atoms with E-state index in [9.17, 15) is 88.2 Å². The molecule has 3 heterocycles. The van der Waals surface area contributed by atoms with Crippen molar-refractivity contribution in [2.75, 3.05) is 103 Å². The van der Waals surface area contributed by atoms with Gasteiger partial charge in [0.05, 0.1) is 52.0 Å². The molecule has 3 aliphatic rings. The average Bonchev–Trinajstić information content (AvgIpc) is 1.64. The molecule has 3 fully saturated rings. The molecule has 0 aromatic heterocycles. The first-order valence-corrected chi connectivity index (χ1v) is 50.8. The summed E-state index contributed by atoms with van der Waals surface area (Å²) in [6.45, 7) is 6.86. The standard InChI is InChI=1S/C100H130N20O27S2/c1-57(104-58(2)122)87(136)112-76(54-121)95(144)110-74(47-82(127)128)93(142)113-77-55-148-149-56-78(97(146)120-31-15-30-100(120,6)98(147)115-71(41-59-16-8-7-9-17-59)90(139)105-68(86(102)135)46-81(125)126)114-92(141)73(45-79(101)123)109-89(138)70(43-62-28-29-63-18-10-11-20-65(63)40-62)106-88(137)69(107-94(143)75(48-99(3,4)5)111-91(140)72(108-96(77)145)44-66-22-14-21-64-19-12-13-23-67(64)66)42-60-24-26-61(27-25-60)49-103-80(124)50-116-32-34-117(51-83(129)130)36-38-119(53-85(133)134)39-37-118(35-33-116)52-84(131)132/h7-14,16-29,40,57,68-78,121H,15,30-39,41-56H2,1-6H3,(H2,101,123)(H2,102,135)(H,103,124)(H,104,122)(H,105,139)(H,106,137)(H,107,143)(H,108,145)(H,109,138)(H,110,144)(H,111,140)(H,112,136)(H,113,142)(H,114,141)(H,115,147)(H,125,126)(H,127,128)(H,129,130)(H,131,132)(H,133,134)/t57-,68+,69+,70+,71+,72+,73+,74+,75+,76+,77+,78+,100+/m1/s1. The number of fused-ring (bicyclic) bond motifs is 2. The van der Waals surface area contributed by atoms with Gasteiger partial charge in [0.15, 0.2) is 0 Å². The van der Waals surface area contributed by atoms with Crippen molar-refractivity contribution in [3.05, 3.63) is 167 Å². The smallest absolute Gasteiger partial charge is 0.317 e. The first-order chi connectivity index (χ1) is 70.6. The van der Waals surface area contributed by atoms with Crippen LogP contribution in [-0.4, -0.2) is 361 Å². The van der Waals surface area contributed by atoms with E-state index >= 15 is 43.2 Å². The predicted octanol–water partition coefficient (Wildman–Crippen LogP) is -3.27. The number of hydrogen-bond acceptors (Lipinski definition) is 28. The van der Waals surface area contributed by atoms with Crippen molar-refractivity contribution in [1.29, 1.82) is 0 Å². The van der Waals surface area contributed by atoms with Crippen molar-refractivity contribution in [2.45, 2.75) is 190 Å². The molecule has 0 aliphatic carbocycles. The number of aliphatic hydroxyl groups excluding tert-OH is 1. The Kier molecular flexibility index (Phi) is 44.6. The van der Waals surface area contributed by atoms with Crippen molar-refractivity contribution in [3.63, 3.8) is 0 Å². The quantitative estimate of drug-likeness (QED) is 0.0168. The van der Waals surface area contributed by atoms with E-state index in [1.807, 2.05) is 6.07 Å². The molecule has 16 amide bonds. The number of carbonyl (C=O) groups is 21. The number of likely N-dealkylation sites (tertiary alicyclic amines) is 1. The molecular formula is C100H130N20O27S2. The van der Waals surface area contributed by atoms with Crippen LogP contribution in [0.3, 0.4) is 0 Å². The van der Waals surface area contributed by atoms with Crippen LogP contribution in [-0.2, 0) is 133 Å². The number of benzene rings is 6. The molecule has 0 spiro atoms. The Morgan fingerprint density at radius 1 is 0.456 bits per heavy atom. The molecule has 13 atom stereocenters. The zero-order chi connectivity index (χ0) is 109. The number of rotatable bonds is 39. The van der Waals surface area contributed by atoms with Gasteiger partial charge in [-0.3, -0.25) is 120 Å².